The van der Waals surface area contributed by atoms with E-state index in [-0.39, 0.29) is 34.4 Å². The van der Waals surface area contributed by atoms with Gasteiger partial charge >= 0.3 is 5.51 Å². The van der Waals surface area contributed by atoms with Gasteiger partial charge in [0.1, 0.15) is 16.8 Å². The van der Waals surface area contributed by atoms with Gasteiger partial charge in [0.05, 0.1) is 7.18 Å². The van der Waals surface area contributed by atoms with Gasteiger partial charge in [0.2, 0.25) is 11.8 Å². The minimum atomic E-state index is -6.09. The minimum Gasteiger partial charge on any atom is -0.741 e. The van der Waals surface area contributed by atoms with Gasteiger partial charge in [-0.15, -0.1) is 0 Å². The highest BCUT2D eigenvalue weighted by Crippen LogP contribution is 2.31. The number of benzene rings is 4. The first-order valence-corrected chi connectivity index (χ1v) is 30.8. The molecule has 10 nitrogen and oxygen atoms in total. The van der Waals surface area contributed by atoms with Gasteiger partial charge in [-0.1, -0.05) is 180 Å². The van der Waals surface area contributed by atoms with Gasteiger partial charge in [-0.05, 0) is 92.0 Å². The predicted molar refractivity (Wildman–Crippen MR) is 330 cm³/mol. The van der Waals surface area contributed by atoms with Gasteiger partial charge < -0.3 is 9.45 Å². The maximum Gasteiger partial charge on any atom is 0.485 e. The van der Waals surface area contributed by atoms with E-state index in [9.17, 15) is 44.7 Å². The molecular formula is C60H89F12N3O7S4. The fourth-order valence-electron chi connectivity index (χ4n) is 6.66. The number of thiocarbonyl (C=S) groups is 1. The highest BCUT2D eigenvalue weighted by Gasteiger charge is 2.38. The van der Waals surface area contributed by atoms with Crippen LogP contribution in [0.4, 0.5) is 53.4 Å². The van der Waals surface area contributed by atoms with Crippen molar-refractivity contribution in [3.8, 4) is 0 Å². The lowest BCUT2D eigenvalue weighted by Crippen LogP contribution is -2.44. The van der Waals surface area contributed by atoms with E-state index in [0.717, 1.165) is 23.7 Å². The lowest BCUT2D eigenvalue weighted by atomic mass is 9.86. The number of rotatable bonds is 1. The Balaban J connectivity index is -0.000000291. The Morgan fingerprint density at radius 1 is 0.570 bits per heavy atom. The second-order valence-corrected chi connectivity index (χ2v) is 29.7. The van der Waals surface area contributed by atoms with Crippen molar-refractivity contribution in [1.82, 2.24) is 9.80 Å². The SMILES string of the molecule is CC(C)(C)N1C(=O)CCC1=O.CC(C)(C)N1CCSC1=S.CC(C)(C)c1c(F)c(F)cc(F)c1F.CC(C)(C)c1ccccc1.CC(C)(C)c1ccccc1.CF.C[N+](=O)[O-].C[S+](C)c1ccc(C(C)(C)C)cc1.FF.FF.O=S(=O)([O-])C(F)(F)F. The average molecular weight is 1320 g/mol. The van der Waals surface area contributed by atoms with Crippen LogP contribution in [-0.2, 0) is 52.3 Å². The predicted octanol–water partition coefficient (Wildman–Crippen LogP) is 18.0. The maximum atomic E-state index is 13.2. The number of thioether (sulfide) groups is 1. The molecule has 0 unspecified atom stereocenters. The summed E-state index contributed by atoms with van der Waals surface area (Å²) in [6.07, 6.45) is 5.28. The number of likely N-dealkylation sites (tertiary alicyclic amines) is 1. The fraction of sp³-hybridized carbons (Fsp3) is 0.550. The van der Waals surface area contributed by atoms with Crippen molar-refractivity contribution >= 4 is 61.1 Å². The summed E-state index contributed by atoms with van der Waals surface area (Å²) in [5.74, 6) is -4.30. The van der Waals surface area contributed by atoms with Crippen LogP contribution in [0.1, 0.15) is 160 Å². The van der Waals surface area contributed by atoms with E-state index in [2.05, 4.69) is 185 Å². The number of nitro groups is 1. The summed E-state index contributed by atoms with van der Waals surface area (Å²) in [6.45, 7) is 37.9. The molecule has 4 aromatic carbocycles. The van der Waals surface area contributed by atoms with Crippen LogP contribution >= 0.6 is 24.0 Å². The quantitative estimate of drug-likeness (QED) is 0.0208. The molecule has 6 rings (SSSR count). The Morgan fingerprint density at radius 3 is 1.03 bits per heavy atom. The summed E-state index contributed by atoms with van der Waals surface area (Å²) in [7, 11) is -4.32. The molecule has 2 aliphatic heterocycles. The van der Waals surface area contributed by atoms with E-state index in [0.29, 0.717) is 41.7 Å². The van der Waals surface area contributed by atoms with Gasteiger partial charge in [-0.3, -0.25) is 29.0 Å². The summed E-state index contributed by atoms with van der Waals surface area (Å²) in [5.41, 5.74) is -2.22. The van der Waals surface area contributed by atoms with E-state index in [4.69, 9.17) is 53.6 Å². The zero-order valence-corrected chi connectivity index (χ0v) is 56.6. The number of imide groups is 1. The summed E-state index contributed by atoms with van der Waals surface area (Å²) in [4.78, 5) is 35.7. The Morgan fingerprint density at radius 2 is 0.860 bits per heavy atom. The maximum absolute atomic E-state index is 13.2. The van der Waals surface area contributed by atoms with Crippen LogP contribution in [0.3, 0.4) is 0 Å². The molecule has 0 N–H and O–H groups in total. The third-order valence-corrected chi connectivity index (χ3v) is 14.1. The molecule has 0 spiro atoms. The topological polar surface area (TPSA) is 141 Å². The number of hydrogen-bond donors (Lipinski definition) is 0. The molecule has 2 amide bonds. The first-order chi connectivity index (χ1) is 38.8. The number of amides is 2. The largest absolute Gasteiger partial charge is 0.741 e. The number of halogens is 12. The van der Waals surface area contributed by atoms with Crippen molar-refractivity contribution in [2.45, 2.75) is 181 Å². The third-order valence-electron chi connectivity index (χ3n) is 10.9. The number of hydrogen-bond acceptors (Lipinski definition) is 9. The normalized spacial score (nSPS) is 13.1. The zero-order chi connectivity index (χ0) is 69.4. The van der Waals surface area contributed by atoms with Crippen molar-refractivity contribution in [3.63, 3.8) is 0 Å². The molecule has 2 aliphatic rings. The standard InChI is InChI=1S/C12H19S.C10H10F4.2C10H14.C8H13NO2.C7H13NS2.CHF3O3S.CH3F.CH3NO2.2F2/c1-12(2,3)10-6-8-11(9-7-10)13(4)5;1-10(2,3)7-8(13)5(11)4-6(12)9(7)14;2*1-10(2,3)9-7-5-4-6-8-9;1-8(2,3)9-6(10)4-5-7(9)11;1-7(2,3)8-4-5-10-6(8)9;2-1(3,4)8(5,6)7;1-2;1-2(3)4;2*1-2/h6-9H,1-5H3;4H,1-3H3;2*4-8H,1-3H3;4-5H2,1-3H3;4-5H2,1-3H3;(H,5,6,7);1H3;1H3;;/q+1;;;;;;;;;;/p-1. The van der Waals surface area contributed by atoms with E-state index in [1.807, 2.05) is 20.8 Å². The second kappa shape index (κ2) is 40.6. The van der Waals surface area contributed by atoms with Crippen molar-refractivity contribution < 1.29 is 80.9 Å². The Labute approximate surface area is 515 Å². The Kier molecular flexibility index (Phi) is 42.4. The third kappa shape index (κ3) is 37.7. The molecule has 0 bridgehead atoms. The monoisotopic (exact) mass is 1320 g/mol. The lowest BCUT2D eigenvalue weighted by Gasteiger charge is -2.32. The molecule has 0 radical (unpaired) electrons. The summed E-state index contributed by atoms with van der Waals surface area (Å²) in [6, 6.07) is 30.3. The molecule has 0 aliphatic carbocycles. The van der Waals surface area contributed by atoms with Gasteiger partial charge in [0.15, 0.2) is 45.3 Å². The minimum absolute atomic E-state index is 0.0394. The molecular weight excluding hydrogens is 1230 g/mol. The molecule has 0 saturated carbocycles. The fourth-order valence-corrected chi connectivity index (χ4v) is 8.93. The summed E-state index contributed by atoms with van der Waals surface area (Å²) >= 11 is 6.97. The summed E-state index contributed by atoms with van der Waals surface area (Å²) in [5, 5.41) is 8.81. The first kappa shape index (κ1) is 89.8. The van der Waals surface area contributed by atoms with Gasteiger partial charge in [0.25, 0.3) is 0 Å². The molecule has 2 saturated heterocycles. The summed E-state index contributed by atoms with van der Waals surface area (Å²) < 4.78 is 153. The second-order valence-electron chi connectivity index (χ2n) is 24.5. The van der Waals surface area contributed by atoms with Crippen LogP contribution in [0.15, 0.2) is 95.9 Å². The highest BCUT2D eigenvalue weighted by atomic mass is 32.2. The Hall–Kier alpha value is -4.92. The lowest BCUT2D eigenvalue weighted by molar-refractivity contribution is -0.445. The molecule has 4 aromatic rings. The van der Waals surface area contributed by atoms with Gasteiger partial charge in [-0.25, -0.2) is 26.0 Å². The Bertz CT molecular complexity index is 2590. The molecule has 0 aromatic heterocycles. The number of alkyl halides is 4. The van der Waals surface area contributed by atoms with Crippen LogP contribution in [-0.4, -0.2) is 99.4 Å². The van der Waals surface area contributed by atoms with Crippen LogP contribution in [0.25, 0.3) is 0 Å². The first-order valence-electron chi connectivity index (χ1n) is 26.0. The zero-order valence-electron chi connectivity index (χ0n) is 53.4. The van der Waals surface area contributed by atoms with E-state index >= 15 is 0 Å². The molecule has 0 atom stereocenters. The van der Waals surface area contributed by atoms with Crippen molar-refractivity contribution in [3.05, 3.63) is 147 Å². The highest BCUT2D eigenvalue weighted by molar-refractivity contribution is 8.23. The molecule has 86 heavy (non-hydrogen) atoms. The van der Waals surface area contributed by atoms with E-state index < -0.39 is 54.8 Å². The van der Waals surface area contributed by atoms with E-state index in [1.54, 1.807) is 11.8 Å². The molecule has 2 fully saturated rings. The number of carbonyl (C=O) groups is 2. The smallest absolute Gasteiger partial charge is 0.485 e. The van der Waals surface area contributed by atoms with Gasteiger partial charge in [-0.2, -0.15) is 13.2 Å². The number of carbonyl (C=O) groups excluding carboxylic acids is 2. The van der Waals surface area contributed by atoms with Crippen molar-refractivity contribution in [1.29, 1.82) is 0 Å². The van der Waals surface area contributed by atoms with Crippen molar-refractivity contribution in [2.24, 2.45) is 0 Å². The van der Waals surface area contributed by atoms with Crippen LogP contribution in [0, 0.1) is 33.4 Å². The number of nitrogens with zero attached hydrogens (tertiary/aromatic N) is 3. The van der Waals surface area contributed by atoms with Crippen molar-refractivity contribution in [2.75, 3.05) is 39.0 Å². The molecule has 26 heteroatoms. The van der Waals surface area contributed by atoms with Crippen LogP contribution in [0.2, 0.25) is 0 Å². The average Bonchev–Trinajstić information content (AvgIpc) is 1.79. The molecule has 2 heterocycles. The molecule has 494 valence electrons. The van der Waals surface area contributed by atoms with Gasteiger partial charge in [0, 0.05) is 82.0 Å². The van der Waals surface area contributed by atoms with Crippen LogP contribution in [0.5, 0.6) is 0 Å². The van der Waals surface area contributed by atoms with Crippen LogP contribution < -0.4 is 0 Å². The van der Waals surface area contributed by atoms with E-state index in [1.165, 1.54) is 47.3 Å².